The monoisotopic (exact) mass is 404 g/mol. The van der Waals surface area contributed by atoms with Crippen molar-refractivity contribution in [1.29, 1.82) is 0 Å². The summed E-state index contributed by atoms with van der Waals surface area (Å²) in [4.78, 5) is 10.9. The summed E-state index contributed by atoms with van der Waals surface area (Å²) in [6, 6.07) is 3.90. The predicted octanol–water partition coefficient (Wildman–Crippen LogP) is 2.52. The molecule has 0 aromatic carbocycles. The number of guanidine groups is 1. The van der Waals surface area contributed by atoms with Crippen LogP contribution < -0.4 is 10.1 Å². The van der Waals surface area contributed by atoms with Crippen LogP contribution in [0.1, 0.15) is 25.3 Å². The zero-order chi connectivity index (χ0) is 14.4. The van der Waals surface area contributed by atoms with Crippen molar-refractivity contribution in [3.8, 4) is 5.88 Å². The van der Waals surface area contributed by atoms with Crippen molar-refractivity contribution < 1.29 is 4.74 Å². The Morgan fingerprint density at radius 2 is 2.14 bits per heavy atom. The molecule has 0 spiro atoms. The van der Waals surface area contributed by atoms with Gasteiger partial charge in [-0.25, -0.2) is 4.98 Å². The Bertz CT molecular complexity index is 441. The standard InChI is InChI=1S/C15H24N4O.HI/c1-12-6-8-19(9-7-12)15(16-2)18-11-13-4-5-14(20-3)17-10-13;/h4-5,10,12H,6-9,11H2,1-3H3,(H,16,18);1H. The van der Waals surface area contributed by atoms with E-state index in [2.05, 4.69) is 27.1 Å². The quantitative estimate of drug-likeness (QED) is 0.478. The van der Waals surface area contributed by atoms with Gasteiger partial charge in [-0.05, 0) is 24.3 Å². The van der Waals surface area contributed by atoms with E-state index in [0.717, 1.165) is 37.1 Å². The fourth-order valence-corrected chi connectivity index (χ4v) is 2.37. The Labute approximate surface area is 144 Å². The van der Waals surface area contributed by atoms with E-state index in [0.29, 0.717) is 5.88 Å². The highest BCUT2D eigenvalue weighted by molar-refractivity contribution is 14.0. The average Bonchev–Trinajstić information content (AvgIpc) is 2.50. The number of aliphatic imine (C=N–C) groups is 1. The number of nitrogens with zero attached hydrogens (tertiary/aromatic N) is 3. The number of hydrogen-bond acceptors (Lipinski definition) is 3. The molecule has 0 aliphatic carbocycles. The number of likely N-dealkylation sites (tertiary alicyclic amines) is 1. The van der Waals surface area contributed by atoms with Gasteiger partial charge >= 0.3 is 0 Å². The molecule has 1 N–H and O–H groups in total. The molecule has 1 aliphatic heterocycles. The van der Waals surface area contributed by atoms with E-state index in [1.807, 2.05) is 25.4 Å². The normalized spacial score (nSPS) is 16.3. The van der Waals surface area contributed by atoms with Crippen LogP contribution in [0, 0.1) is 5.92 Å². The maximum atomic E-state index is 5.06. The van der Waals surface area contributed by atoms with Gasteiger partial charge in [0.2, 0.25) is 5.88 Å². The van der Waals surface area contributed by atoms with E-state index in [1.54, 1.807) is 7.11 Å². The van der Waals surface area contributed by atoms with Crippen LogP contribution in [0.4, 0.5) is 0 Å². The summed E-state index contributed by atoms with van der Waals surface area (Å²) in [5, 5.41) is 3.40. The van der Waals surface area contributed by atoms with Crippen molar-refractivity contribution in [3.63, 3.8) is 0 Å². The molecule has 0 radical (unpaired) electrons. The lowest BCUT2D eigenvalue weighted by Crippen LogP contribution is -2.45. The maximum Gasteiger partial charge on any atom is 0.212 e. The lowest BCUT2D eigenvalue weighted by atomic mass is 10.00. The SMILES string of the molecule is CN=C(NCc1ccc(OC)nc1)N1CCC(C)CC1.I. The minimum absolute atomic E-state index is 0. The van der Waals surface area contributed by atoms with Crippen molar-refractivity contribution >= 4 is 29.9 Å². The number of piperidine rings is 1. The van der Waals surface area contributed by atoms with Crippen molar-refractivity contribution in [2.24, 2.45) is 10.9 Å². The molecule has 1 fully saturated rings. The van der Waals surface area contributed by atoms with Crippen LogP contribution in [-0.4, -0.2) is 43.1 Å². The molecule has 5 nitrogen and oxygen atoms in total. The van der Waals surface area contributed by atoms with E-state index >= 15 is 0 Å². The number of nitrogens with one attached hydrogen (secondary N) is 1. The van der Waals surface area contributed by atoms with Crippen LogP contribution >= 0.6 is 24.0 Å². The summed E-state index contributed by atoms with van der Waals surface area (Å²) in [5.74, 6) is 2.45. The van der Waals surface area contributed by atoms with Crippen LogP contribution in [0.2, 0.25) is 0 Å². The third-order valence-electron chi connectivity index (χ3n) is 3.75. The van der Waals surface area contributed by atoms with Crippen LogP contribution in [-0.2, 0) is 6.54 Å². The van der Waals surface area contributed by atoms with Crippen molar-refractivity contribution in [3.05, 3.63) is 23.9 Å². The number of rotatable bonds is 3. The molecule has 0 saturated carbocycles. The molecule has 1 saturated heterocycles. The highest BCUT2D eigenvalue weighted by Crippen LogP contribution is 2.16. The Kier molecular flexibility index (Phi) is 7.77. The highest BCUT2D eigenvalue weighted by atomic mass is 127. The molecule has 6 heteroatoms. The summed E-state index contributed by atoms with van der Waals surface area (Å²) in [5.41, 5.74) is 1.12. The first-order valence-electron chi connectivity index (χ1n) is 7.17. The summed E-state index contributed by atoms with van der Waals surface area (Å²) < 4.78 is 5.06. The Morgan fingerprint density at radius 3 is 2.67 bits per heavy atom. The summed E-state index contributed by atoms with van der Waals surface area (Å²) in [7, 11) is 3.46. The van der Waals surface area contributed by atoms with E-state index in [9.17, 15) is 0 Å². The Balaban J connectivity index is 0.00000220. The van der Waals surface area contributed by atoms with E-state index in [-0.39, 0.29) is 24.0 Å². The third-order valence-corrected chi connectivity index (χ3v) is 3.75. The van der Waals surface area contributed by atoms with Gasteiger partial charge in [0.1, 0.15) is 0 Å². The third kappa shape index (κ3) is 5.33. The molecule has 21 heavy (non-hydrogen) atoms. The fourth-order valence-electron chi connectivity index (χ4n) is 2.37. The fraction of sp³-hybridized carbons (Fsp3) is 0.600. The van der Waals surface area contributed by atoms with Crippen LogP contribution in [0.3, 0.4) is 0 Å². The molecule has 1 aromatic rings. The lowest BCUT2D eigenvalue weighted by molar-refractivity contribution is 0.273. The predicted molar refractivity (Wildman–Crippen MR) is 96.4 cm³/mol. The molecule has 0 unspecified atom stereocenters. The van der Waals surface area contributed by atoms with E-state index in [1.165, 1.54) is 12.8 Å². The van der Waals surface area contributed by atoms with Crippen molar-refractivity contribution in [2.45, 2.75) is 26.3 Å². The summed E-state index contributed by atoms with van der Waals surface area (Å²) >= 11 is 0. The van der Waals surface area contributed by atoms with Crippen LogP contribution in [0.5, 0.6) is 5.88 Å². The van der Waals surface area contributed by atoms with Crippen LogP contribution in [0.25, 0.3) is 0 Å². The summed E-state index contributed by atoms with van der Waals surface area (Å²) in [6.45, 7) is 5.22. The lowest BCUT2D eigenvalue weighted by Gasteiger charge is -2.32. The van der Waals surface area contributed by atoms with Crippen molar-refractivity contribution in [2.75, 3.05) is 27.2 Å². The smallest absolute Gasteiger partial charge is 0.212 e. The van der Waals surface area contributed by atoms with Gasteiger partial charge in [0, 0.05) is 38.9 Å². The first kappa shape index (κ1) is 18.0. The second-order valence-electron chi connectivity index (χ2n) is 5.28. The van der Waals surface area contributed by atoms with Gasteiger partial charge in [-0.3, -0.25) is 4.99 Å². The number of ether oxygens (including phenoxy) is 1. The Morgan fingerprint density at radius 1 is 1.43 bits per heavy atom. The Hall–Kier alpha value is -1.05. The molecule has 0 atom stereocenters. The first-order chi connectivity index (χ1) is 9.72. The van der Waals surface area contributed by atoms with Gasteiger partial charge < -0.3 is 15.0 Å². The van der Waals surface area contributed by atoms with Gasteiger partial charge in [0.15, 0.2) is 5.96 Å². The number of methoxy groups -OCH3 is 1. The first-order valence-corrected chi connectivity index (χ1v) is 7.17. The van der Waals surface area contributed by atoms with Gasteiger partial charge in [-0.2, -0.15) is 0 Å². The number of aromatic nitrogens is 1. The molecule has 0 bridgehead atoms. The minimum Gasteiger partial charge on any atom is -0.481 e. The van der Waals surface area contributed by atoms with Gasteiger partial charge in [-0.15, -0.1) is 24.0 Å². The minimum atomic E-state index is 0. The van der Waals surface area contributed by atoms with Gasteiger partial charge in [-0.1, -0.05) is 13.0 Å². The topological polar surface area (TPSA) is 49.8 Å². The molecular formula is C15H25IN4O. The zero-order valence-electron chi connectivity index (χ0n) is 13.0. The van der Waals surface area contributed by atoms with Gasteiger partial charge in [0.05, 0.1) is 7.11 Å². The maximum absolute atomic E-state index is 5.06. The largest absolute Gasteiger partial charge is 0.481 e. The van der Waals surface area contributed by atoms with E-state index in [4.69, 9.17) is 4.74 Å². The molecule has 118 valence electrons. The van der Waals surface area contributed by atoms with Gasteiger partial charge in [0.25, 0.3) is 0 Å². The molecular weight excluding hydrogens is 379 g/mol. The number of pyridine rings is 1. The van der Waals surface area contributed by atoms with Crippen molar-refractivity contribution in [1.82, 2.24) is 15.2 Å². The second-order valence-corrected chi connectivity index (χ2v) is 5.28. The molecule has 2 rings (SSSR count). The molecule has 2 heterocycles. The summed E-state index contributed by atoms with van der Waals surface area (Å²) in [6.07, 6.45) is 4.31. The highest BCUT2D eigenvalue weighted by Gasteiger charge is 2.18. The van der Waals surface area contributed by atoms with E-state index < -0.39 is 0 Å². The number of halogens is 1. The number of hydrogen-bond donors (Lipinski definition) is 1. The average molecular weight is 404 g/mol. The zero-order valence-corrected chi connectivity index (χ0v) is 15.3. The molecule has 1 aromatic heterocycles. The van der Waals surface area contributed by atoms with Crippen LogP contribution in [0.15, 0.2) is 23.3 Å². The second kappa shape index (κ2) is 9.07. The molecule has 0 amide bonds. The molecule has 1 aliphatic rings.